The van der Waals surface area contributed by atoms with Gasteiger partial charge in [-0.05, 0) is 0 Å². The molecule has 1 aromatic heterocycles. The lowest BCUT2D eigenvalue weighted by Crippen LogP contribution is -2.06. The summed E-state index contributed by atoms with van der Waals surface area (Å²) in [5.41, 5.74) is -1.02. The molecule has 1 aromatic rings. The summed E-state index contributed by atoms with van der Waals surface area (Å²) >= 11 is 0.793. The summed E-state index contributed by atoms with van der Waals surface area (Å²) in [5, 5.41) is 11.8. The van der Waals surface area contributed by atoms with Crippen LogP contribution in [-0.2, 0) is 18.0 Å². The zero-order valence-corrected chi connectivity index (χ0v) is 8.39. The monoisotopic (exact) mass is 240 g/mol. The first kappa shape index (κ1) is 11.9. The number of aromatic nitrogens is 2. The molecule has 0 radical (unpaired) electrons. The van der Waals surface area contributed by atoms with Crippen molar-refractivity contribution in [1.29, 1.82) is 0 Å². The molecule has 15 heavy (non-hydrogen) atoms. The largest absolute Gasteiger partial charge is 0.481 e. The predicted octanol–water partition coefficient (Wildman–Crippen LogP) is 1.62. The number of carbonyl (C=O) groups is 1. The van der Waals surface area contributed by atoms with E-state index < -0.39 is 17.8 Å². The number of carboxylic acid groups (broad SMARTS) is 1. The minimum Gasteiger partial charge on any atom is -0.481 e. The van der Waals surface area contributed by atoms with Crippen molar-refractivity contribution in [3.8, 4) is 0 Å². The van der Waals surface area contributed by atoms with E-state index in [1.54, 1.807) is 0 Å². The first-order valence-corrected chi connectivity index (χ1v) is 4.75. The Morgan fingerprint density at radius 1 is 1.67 bits per heavy atom. The molecule has 0 saturated carbocycles. The van der Waals surface area contributed by atoms with Gasteiger partial charge in [-0.1, -0.05) is 11.8 Å². The number of hydrogen-bond acceptors (Lipinski definition) is 3. The van der Waals surface area contributed by atoms with Crippen molar-refractivity contribution in [1.82, 2.24) is 9.78 Å². The van der Waals surface area contributed by atoms with E-state index >= 15 is 0 Å². The number of halogens is 3. The van der Waals surface area contributed by atoms with Gasteiger partial charge in [0.05, 0.1) is 10.8 Å². The summed E-state index contributed by atoms with van der Waals surface area (Å²) in [6, 6.07) is 0.827. The van der Waals surface area contributed by atoms with Crippen LogP contribution in [-0.4, -0.2) is 26.6 Å². The highest BCUT2D eigenvalue weighted by Gasteiger charge is 2.34. The molecule has 0 aliphatic carbocycles. The van der Waals surface area contributed by atoms with Gasteiger partial charge in [-0.2, -0.15) is 18.3 Å². The summed E-state index contributed by atoms with van der Waals surface area (Å²) < 4.78 is 37.5. The van der Waals surface area contributed by atoms with Crippen LogP contribution >= 0.6 is 11.8 Å². The third-order valence-electron chi connectivity index (χ3n) is 1.47. The van der Waals surface area contributed by atoms with Crippen molar-refractivity contribution < 1.29 is 23.1 Å². The molecular formula is C7H7F3N2O2S. The average molecular weight is 240 g/mol. The second kappa shape index (κ2) is 4.13. The number of thioether (sulfide) groups is 1. The molecule has 0 fully saturated rings. The topological polar surface area (TPSA) is 55.1 Å². The second-order valence-corrected chi connectivity index (χ2v) is 3.67. The Balaban J connectivity index is 2.82. The summed E-state index contributed by atoms with van der Waals surface area (Å²) in [6.45, 7) is 0. The number of aryl methyl sites for hydroxylation is 1. The van der Waals surface area contributed by atoms with Crippen molar-refractivity contribution >= 4 is 17.7 Å². The number of carboxylic acids is 1. The van der Waals surface area contributed by atoms with E-state index in [1.807, 2.05) is 0 Å². The SMILES string of the molecule is Cn1nc(C(F)(F)F)cc1SCC(=O)O. The standard InChI is InChI=1S/C7H7F3N2O2S/c1-12-5(15-3-6(13)14)2-4(11-12)7(8,9)10/h2H,3H2,1H3,(H,13,14). The molecule has 0 saturated heterocycles. The van der Waals surface area contributed by atoms with E-state index in [0.29, 0.717) is 0 Å². The van der Waals surface area contributed by atoms with Gasteiger partial charge in [-0.25, -0.2) is 0 Å². The number of aliphatic carboxylic acids is 1. The van der Waals surface area contributed by atoms with Crippen molar-refractivity contribution in [3.05, 3.63) is 11.8 Å². The van der Waals surface area contributed by atoms with Gasteiger partial charge in [0.15, 0.2) is 5.69 Å². The Bertz CT molecular complexity index is 375. The minimum absolute atomic E-state index is 0.171. The van der Waals surface area contributed by atoms with E-state index in [2.05, 4.69) is 5.10 Å². The number of alkyl halides is 3. The molecule has 0 bridgehead atoms. The highest BCUT2D eigenvalue weighted by atomic mass is 32.2. The molecule has 0 aliphatic rings. The van der Waals surface area contributed by atoms with Crippen LogP contribution in [0.3, 0.4) is 0 Å². The molecular weight excluding hydrogens is 233 g/mol. The van der Waals surface area contributed by atoms with Crippen LogP contribution in [0.2, 0.25) is 0 Å². The molecule has 1 heterocycles. The van der Waals surface area contributed by atoms with Crippen LogP contribution in [0.15, 0.2) is 11.1 Å². The Morgan fingerprint density at radius 2 is 2.27 bits per heavy atom. The maximum atomic E-state index is 12.2. The van der Waals surface area contributed by atoms with Crippen LogP contribution in [0.25, 0.3) is 0 Å². The Labute approximate surface area is 87.1 Å². The van der Waals surface area contributed by atoms with Crippen LogP contribution in [0.5, 0.6) is 0 Å². The summed E-state index contributed by atoms with van der Waals surface area (Å²) in [5.74, 6) is -1.38. The lowest BCUT2D eigenvalue weighted by molar-refractivity contribution is -0.141. The van der Waals surface area contributed by atoms with Crippen molar-refractivity contribution in [2.75, 3.05) is 5.75 Å². The summed E-state index contributed by atoms with van der Waals surface area (Å²) in [4.78, 5) is 10.2. The third-order valence-corrected chi connectivity index (χ3v) is 2.54. The molecule has 0 spiro atoms. The van der Waals surface area contributed by atoms with E-state index in [-0.39, 0.29) is 10.8 Å². The molecule has 0 aromatic carbocycles. The van der Waals surface area contributed by atoms with E-state index in [1.165, 1.54) is 7.05 Å². The highest BCUT2D eigenvalue weighted by molar-refractivity contribution is 7.99. The Hall–Kier alpha value is -1.18. The Kier molecular flexibility index (Phi) is 3.28. The maximum Gasteiger partial charge on any atom is 0.435 e. The van der Waals surface area contributed by atoms with Crippen LogP contribution in [0.1, 0.15) is 5.69 Å². The molecule has 84 valence electrons. The highest BCUT2D eigenvalue weighted by Crippen LogP contribution is 2.30. The molecule has 0 unspecified atom stereocenters. The Morgan fingerprint density at radius 3 is 2.67 bits per heavy atom. The first-order chi connectivity index (χ1) is 6.80. The number of rotatable bonds is 3. The zero-order valence-electron chi connectivity index (χ0n) is 7.58. The normalized spacial score (nSPS) is 11.7. The quantitative estimate of drug-likeness (QED) is 0.815. The van der Waals surface area contributed by atoms with Gasteiger partial charge >= 0.3 is 12.1 Å². The number of nitrogens with zero attached hydrogens (tertiary/aromatic N) is 2. The fourth-order valence-electron chi connectivity index (χ4n) is 0.859. The van der Waals surface area contributed by atoms with Crippen molar-refractivity contribution in [3.63, 3.8) is 0 Å². The van der Waals surface area contributed by atoms with E-state index in [9.17, 15) is 18.0 Å². The first-order valence-electron chi connectivity index (χ1n) is 3.76. The lowest BCUT2D eigenvalue weighted by Gasteiger charge is -1.98. The fourth-order valence-corrected chi connectivity index (χ4v) is 1.55. The molecule has 8 heteroatoms. The molecule has 0 aliphatic heterocycles. The van der Waals surface area contributed by atoms with Gasteiger partial charge in [0, 0.05) is 13.1 Å². The molecule has 1 rings (SSSR count). The van der Waals surface area contributed by atoms with Crippen molar-refractivity contribution in [2.45, 2.75) is 11.2 Å². The maximum absolute atomic E-state index is 12.2. The molecule has 1 N–H and O–H groups in total. The van der Waals surface area contributed by atoms with E-state index in [4.69, 9.17) is 5.11 Å². The minimum atomic E-state index is -4.50. The predicted molar refractivity (Wildman–Crippen MR) is 46.6 cm³/mol. The van der Waals surface area contributed by atoms with Gasteiger partial charge in [0.2, 0.25) is 0 Å². The van der Waals surface area contributed by atoms with Crippen molar-refractivity contribution in [2.24, 2.45) is 7.05 Å². The fraction of sp³-hybridized carbons (Fsp3) is 0.429. The lowest BCUT2D eigenvalue weighted by atomic mass is 10.4. The van der Waals surface area contributed by atoms with Crippen LogP contribution < -0.4 is 0 Å². The van der Waals surface area contributed by atoms with Crippen LogP contribution in [0, 0.1) is 0 Å². The van der Waals surface area contributed by atoms with Gasteiger partial charge in [-0.3, -0.25) is 9.48 Å². The van der Waals surface area contributed by atoms with Gasteiger partial charge < -0.3 is 5.11 Å². The number of hydrogen-bond donors (Lipinski definition) is 1. The third kappa shape index (κ3) is 3.15. The summed E-state index contributed by atoms with van der Waals surface area (Å²) in [7, 11) is 1.33. The zero-order chi connectivity index (χ0) is 11.6. The molecule has 0 atom stereocenters. The smallest absolute Gasteiger partial charge is 0.435 e. The second-order valence-electron chi connectivity index (χ2n) is 2.67. The van der Waals surface area contributed by atoms with Gasteiger partial charge in [-0.15, -0.1) is 0 Å². The summed E-state index contributed by atoms with van der Waals surface area (Å²) in [6.07, 6.45) is -4.50. The van der Waals surface area contributed by atoms with Crippen LogP contribution in [0.4, 0.5) is 13.2 Å². The van der Waals surface area contributed by atoms with Gasteiger partial charge in [0.1, 0.15) is 0 Å². The molecule has 4 nitrogen and oxygen atoms in total. The molecule has 0 amide bonds. The van der Waals surface area contributed by atoms with E-state index in [0.717, 1.165) is 22.5 Å². The average Bonchev–Trinajstić information content (AvgIpc) is 2.42. The van der Waals surface area contributed by atoms with Gasteiger partial charge in [0.25, 0.3) is 0 Å².